The van der Waals surface area contributed by atoms with Gasteiger partial charge in [0.05, 0.1) is 22.4 Å². The molecule has 24 heavy (non-hydrogen) atoms. The van der Waals surface area contributed by atoms with Gasteiger partial charge in [0.15, 0.2) is 0 Å². The zero-order valence-corrected chi connectivity index (χ0v) is 16.3. The average molecular weight is 487 g/mol. The lowest BCUT2D eigenvalue weighted by Gasteiger charge is -2.11. The van der Waals surface area contributed by atoms with Gasteiger partial charge in [-0.2, -0.15) is 0 Å². The molecule has 0 spiro atoms. The zero-order chi connectivity index (χ0) is 16.5. The van der Waals surface area contributed by atoms with Gasteiger partial charge in [0.2, 0.25) is 0 Å². The third-order valence-corrected chi connectivity index (χ3v) is 5.05. The maximum absolute atomic E-state index is 4.90. The molecule has 0 aliphatic carbocycles. The van der Waals surface area contributed by atoms with Gasteiger partial charge >= 0.3 is 0 Å². The van der Waals surface area contributed by atoms with E-state index in [2.05, 4.69) is 74.9 Å². The number of nitrogens with zero attached hydrogens (tertiary/aromatic N) is 2. The maximum atomic E-state index is 4.90. The molecule has 0 aliphatic heterocycles. The first-order valence-corrected chi connectivity index (χ1v) is 9.36. The molecule has 0 radical (unpaired) electrons. The van der Waals surface area contributed by atoms with Gasteiger partial charge in [-0.3, -0.25) is 0 Å². The van der Waals surface area contributed by atoms with Gasteiger partial charge in [-0.05, 0) is 59.0 Å². The minimum atomic E-state index is 0.905. The van der Waals surface area contributed by atoms with Gasteiger partial charge < -0.3 is 0 Å². The Morgan fingerprint density at radius 3 is 1.58 bits per heavy atom. The number of hydrogen-bond donors (Lipinski definition) is 0. The topological polar surface area (TPSA) is 25.8 Å². The summed E-state index contributed by atoms with van der Waals surface area (Å²) in [5.41, 5.74) is 5.77. The van der Waals surface area contributed by atoms with Crippen molar-refractivity contribution in [2.24, 2.45) is 0 Å². The van der Waals surface area contributed by atoms with Crippen LogP contribution in [0.15, 0.2) is 77.3 Å². The Hall–Kier alpha value is -1.79. The van der Waals surface area contributed by atoms with Crippen LogP contribution < -0.4 is 0 Å². The van der Waals surface area contributed by atoms with Crippen molar-refractivity contribution < 1.29 is 0 Å². The molecular formula is C20H12BrIN2. The van der Waals surface area contributed by atoms with E-state index in [1.807, 2.05) is 36.4 Å². The Morgan fingerprint density at radius 2 is 1.08 bits per heavy atom. The highest BCUT2D eigenvalue weighted by molar-refractivity contribution is 14.1. The van der Waals surface area contributed by atoms with Crippen LogP contribution in [0.4, 0.5) is 0 Å². The first-order valence-electron chi connectivity index (χ1n) is 7.49. The Balaban J connectivity index is 2.00. The van der Waals surface area contributed by atoms with E-state index < -0.39 is 0 Å². The highest BCUT2D eigenvalue weighted by atomic mass is 127. The number of halogens is 2. The van der Waals surface area contributed by atoms with Crippen molar-refractivity contribution in [2.45, 2.75) is 0 Å². The normalized spacial score (nSPS) is 10.9. The van der Waals surface area contributed by atoms with Gasteiger partial charge in [0.1, 0.15) is 0 Å². The number of hydrogen-bond acceptors (Lipinski definition) is 2. The van der Waals surface area contributed by atoms with Crippen molar-refractivity contribution >= 4 is 49.6 Å². The molecule has 0 amide bonds. The van der Waals surface area contributed by atoms with Crippen molar-refractivity contribution in [2.75, 3.05) is 0 Å². The molecule has 0 N–H and O–H groups in total. The highest BCUT2D eigenvalue weighted by Crippen LogP contribution is 2.31. The van der Waals surface area contributed by atoms with Crippen LogP contribution in [0.2, 0.25) is 0 Å². The largest absolute Gasteiger partial charge is 0.244 e. The van der Waals surface area contributed by atoms with Crippen LogP contribution in [-0.2, 0) is 0 Å². The van der Waals surface area contributed by atoms with Gasteiger partial charge in [-0.25, -0.2) is 9.97 Å². The summed E-state index contributed by atoms with van der Waals surface area (Å²) in [6, 6.07) is 24.6. The van der Waals surface area contributed by atoms with Gasteiger partial charge in [-0.1, -0.05) is 52.3 Å². The van der Waals surface area contributed by atoms with Crippen LogP contribution in [0.5, 0.6) is 0 Å². The molecular weight excluding hydrogens is 475 g/mol. The van der Waals surface area contributed by atoms with Crippen LogP contribution in [0.1, 0.15) is 0 Å². The summed E-state index contributed by atoms with van der Waals surface area (Å²) in [5, 5.41) is 0. The molecule has 0 aliphatic rings. The van der Waals surface area contributed by atoms with Crippen molar-refractivity contribution in [1.29, 1.82) is 0 Å². The van der Waals surface area contributed by atoms with Gasteiger partial charge in [0, 0.05) is 19.2 Å². The van der Waals surface area contributed by atoms with E-state index in [0.29, 0.717) is 0 Å². The number of aromatic nitrogens is 2. The van der Waals surface area contributed by atoms with E-state index in [1.54, 1.807) is 0 Å². The molecule has 0 saturated heterocycles. The van der Waals surface area contributed by atoms with E-state index in [9.17, 15) is 0 Å². The smallest absolute Gasteiger partial charge is 0.0973 e. The lowest BCUT2D eigenvalue weighted by Crippen LogP contribution is -1.95. The first kappa shape index (κ1) is 15.7. The highest BCUT2D eigenvalue weighted by Gasteiger charge is 2.13. The predicted octanol–water partition coefficient (Wildman–Crippen LogP) is 6.33. The van der Waals surface area contributed by atoms with Crippen LogP contribution in [0.25, 0.3) is 33.5 Å². The summed E-state index contributed by atoms with van der Waals surface area (Å²) in [6.07, 6.45) is 0. The van der Waals surface area contributed by atoms with Crippen molar-refractivity contribution in [3.8, 4) is 22.5 Å². The summed E-state index contributed by atoms with van der Waals surface area (Å²) in [5.74, 6) is 0. The molecule has 1 heterocycles. The summed E-state index contributed by atoms with van der Waals surface area (Å²) < 4.78 is 2.26. The molecule has 0 fully saturated rings. The molecule has 2 nitrogen and oxygen atoms in total. The molecule has 3 aromatic carbocycles. The number of fused-ring (bicyclic) bond motifs is 1. The third kappa shape index (κ3) is 3.08. The predicted molar refractivity (Wildman–Crippen MR) is 111 cm³/mol. The summed E-state index contributed by atoms with van der Waals surface area (Å²) in [7, 11) is 0. The van der Waals surface area contributed by atoms with Crippen molar-refractivity contribution in [3.05, 3.63) is 80.8 Å². The standard InChI is InChI=1S/C20H12BrIN2/c21-15-9-5-13(6-10-15)19-20(14-7-11-16(22)12-8-14)24-18-4-2-1-3-17(18)23-19/h1-12H. The van der Waals surface area contributed by atoms with Gasteiger partial charge in [-0.15, -0.1) is 0 Å². The van der Waals surface area contributed by atoms with Crippen LogP contribution >= 0.6 is 38.5 Å². The van der Waals surface area contributed by atoms with E-state index in [1.165, 1.54) is 3.57 Å². The minimum Gasteiger partial charge on any atom is -0.244 e. The zero-order valence-electron chi connectivity index (χ0n) is 12.6. The van der Waals surface area contributed by atoms with Crippen molar-refractivity contribution in [1.82, 2.24) is 9.97 Å². The lowest BCUT2D eigenvalue weighted by atomic mass is 10.0. The van der Waals surface area contributed by atoms with E-state index in [-0.39, 0.29) is 0 Å². The Bertz CT molecular complexity index is 928. The SMILES string of the molecule is Brc1ccc(-c2nc3ccccc3nc2-c2ccc(I)cc2)cc1. The number of para-hydroxylation sites is 2. The van der Waals surface area contributed by atoms with Crippen LogP contribution in [-0.4, -0.2) is 9.97 Å². The average Bonchev–Trinajstić information content (AvgIpc) is 2.62. The second-order valence-corrected chi connectivity index (χ2v) is 7.58. The Kier molecular flexibility index (Phi) is 4.33. The number of benzene rings is 3. The summed E-state index contributed by atoms with van der Waals surface area (Å²) >= 11 is 5.80. The first-order chi connectivity index (χ1) is 11.7. The molecule has 116 valence electrons. The van der Waals surface area contributed by atoms with Crippen LogP contribution in [0.3, 0.4) is 0 Å². The fourth-order valence-electron chi connectivity index (χ4n) is 2.62. The monoisotopic (exact) mass is 486 g/mol. The second kappa shape index (κ2) is 6.61. The minimum absolute atomic E-state index is 0.905. The molecule has 4 rings (SSSR count). The van der Waals surface area contributed by atoms with E-state index >= 15 is 0 Å². The van der Waals surface area contributed by atoms with E-state index in [4.69, 9.17) is 9.97 Å². The van der Waals surface area contributed by atoms with E-state index in [0.717, 1.165) is 38.0 Å². The van der Waals surface area contributed by atoms with Crippen molar-refractivity contribution in [3.63, 3.8) is 0 Å². The quantitative estimate of drug-likeness (QED) is 0.309. The van der Waals surface area contributed by atoms with Crippen LogP contribution in [0, 0.1) is 3.57 Å². The summed E-state index contributed by atoms with van der Waals surface area (Å²) in [4.78, 5) is 9.79. The fraction of sp³-hybridized carbons (Fsp3) is 0. The third-order valence-electron chi connectivity index (χ3n) is 3.81. The fourth-order valence-corrected chi connectivity index (χ4v) is 3.24. The molecule has 0 atom stereocenters. The molecule has 0 unspecified atom stereocenters. The number of rotatable bonds is 2. The molecule has 4 aromatic rings. The Labute approximate surface area is 162 Å². The summed E-state index contributed by atoms with van der Waals surface area (Å²) in [6.45, 7) is 0. The lowest BCUT2D eigenvalue weighted by molar-refractivity contribution is 1.29. The Morgan fingerprint density at radius 1 is 0.625 bits per heavy atom. The second-order valence-electron chi connectivity index (χ2n) is 5.42. The molecule has 4 heteroatoms. The van der Waals surface area contributed by atoms with Gasteiger partial charge in [0.25, 0.3) is 0 Å². The molecule has 0 saturated carbocycles. The molecule has 0 bridgehead atoms. The molecule has 1 aromatic heterocycles. The maximum Gasteiger partial charge on any atom is 0.0973 e.